The molecule has 0 saturated carbocycles. The number of aromatic hydroxyl groups is 1. The summed E-state index contributed by atoms with van der Waals surface area (Å²) in [6, 6.07) is 3.44. The Morgan fingerprint density at radius 2 is 1.54 bits per heavy atom. The minimum absolute atomic E-state index is 0.115. The van der Waals surface area contributed by atoms with Crippen LogP contribution in [0.5, 0.6) is 17.2 Å². The van der Waals surface area contributed by atoms with Gasteiger partial charge in [0.1, 0.15) is 11.4 Å². The molecule has 0 bridgehead atoms. The van der Waals surface area contributed by atoms with Crippen molar-refractivity contribution in [1.82, 2.24) is 15.2 Å². The third-order valence-corrected chi connectivity index (χ3v) is 5.81. The molecule has 0 aliphatic rings. The number of thiazole rings is 1. The van der Waals surface area contributed by atoms with E-state index in [0.29, 0.717) is 30.8 Å². The van der Waals surface area contributed by atoms with Gasteiger partial charge in [-0.15, -0.1) is 11.3 Å². The quantitative estimate of drug-likeness (QED) is 0.238. The van der Waals surface area contributed by atoms with Crippen LogP contribution in [0, 0.1) is 0 Å². The summed E-state index contributed by atoms with van der Waals surface area (Å²) in [5, 5.41) is 32.9. The molecule has 13 nitrogen and oxygen atoms in total. The summed E-state index contributed by atoms with van der Waals surface area (Å²) < 4.78 is 10.2. The van der Waals surface area contributed by atoms with Gasteiger partial charge in [-0.2, -0.15) is 0 Å². The van der Waals surface area contributed by atoms with Crippen LogP contribution in [0.25, 0.3) is 0 Å². The Balaban J connectivity index is 0.000000824. The van der Waals surface area contributed by atoms with Crippen LogP contribution in [0.2, 0.25) is 0 Å². The maximum Gasteiger partial charge on any atom is 0.328 e. The Morgan fingerprint density at radius 3 is 2.03 bits per heavy atom. The first-order valence-electron chi connectivity index (χ1n) is 11.7. The lowest BCUT2D eigenvalue weighted by Gasteiger charge is -2.30. The van der Waals surface area contributed by atoms with Crippen molar-refractivity contribution in [3.63, 3.8) is 0 Å². The normalized spacial score (nSPS) is 10.8. The second-order valence-corrected chi connectivity index (χ2v) is 9.27. The summed E-state index contributed by atoms with van der Waals surface area (Å²) in [7, 11) is 2.81. The van der Waals surface area contributed by atoms with Crippen LogP contribution in [0.4, 0.5) is 5.13 Å². The van der Waals surface area contributed by atoms with Crippen molar-refractivity contribution in [3.8, 4) is 17.2 Å². The molecule has 5 N–H and O–H groups in total. The predicted molar refractivity (Wildman–Crippen MR) is 145 cm³/mol. The second-order valence-electron chi connectivity index (χ2n) is 8.41. The highest BCUT2D eigenvalue weighted by atomic mass is 32.1. The van der Waals surface area contributed by atoms with Crippen LogP contribution in [0.3, 0.4) is 0 Å². The van der Waals surface area contributed by atoms with Crippen molar-refractivity contribution in [3.05, 3.63) is 40.9 Å². The number of amides is 2. The lowest BCUT2D eigenvalue weighted by atomic mass is 10.1. The number of rotatable bonds is 12. The third-order valence-electron chi connectivity index (χ3n) is 5.05. The van der Waals surface area contributed by atoms with Crippen molar-refractivity contribution in [2.45, 2.75) is 39.8 Å². The molecule has 39 heavy (non-hydrogen) atoms. The Labute approximate surface area is 230 Å². The van der Waals surface area contributed by atoms with E-state index < -0.39 is 17.8 Å². The van der Waals surface area contributed by atoms with Crippen LogP contribution < -0.4 is 20.1 Å². The van der Waals surface area contributed by atoms with Crippen LogP contribution in [-0.2, 0) is 9.59 Å². The van der Waals surface area contributed by atoms with Gasteiger partial charge in [0, 0.05) is 54.8 Å². The largest absolute Gasteiger partial charge is 0.504 e. The molecule has 0 saturated heterocycles. The number of carbonyl (C=O) groups is 4. The molecule has 0 fully saturated rings. The van der Waals surface area contributed by atoms with Crippen LogP contribution in [-0.4, -0.2) is 88.3 Å². The van der Waals surface area contributed by atoms with E-state index in [0.717, 1.165) is 17.9 Å². The molecule has 0 unspecified atom stereocenters. The molecule has 214 valence electrons. The standard InChI is InChI=1S/C21H30N4O5S.C4H4O4/c1-12(2)25(13(3)4)8-7-22-20(28)15-11-31-21(23-15)24-19(27)14-9-16(26)18(30-6)10-17(14)29-5;5-3(6)1-2-4(7)8/h9-13,26H,7-8H2,1-6H3,(H,22,28)(H,23,24,27);1-2H,(H,5,6)(H,7,8). The number of methoxy groups -OCH3 is 2. The molecule has 0 aliphatic heterocycles. The zero-order chi connectivity index (χ0) is 29.7. The van der Waals surface area contributed by atoms with Gasteiger partial charge in [0.25, 0.3) is 11.8 Å². The number of nitrogens with zero attached hydrogens (tertiary/aromatic N) is 2. The lowest BCUT2D eigenvalue weighted by Crippen LogP contribution is -2.42. The third kappa shape index (κ3) is 11.0. The number of hydrogen-bond donors (Lipinski definition) is 5. The summed E-state index contributed by atoms with van der Waals surface area (Å²) in [6.45, 7) is 9.71. The first kappa shape index (κ1) is 32.9. The van der Waals surface area contributed by atoms with E-state index in [2.05, 4.69) is 48.2 Å². The fourth-order valence-electron chi connectivity index (χ4n) is 3.30. The maximum atomic E-state index is 12.6. The minimum Gasteiger partial charge on any atom is -0.504 e. The van der Waals surface area contributed by atoms with Crippen molar-refractivity contribution in [2.75, 3.05) is 32.6 Å². The van der Waals surface area contributed by atoms with Crippen molar-refractivity contribution >= 4 is 40.2 Å². The monoisotopic (exact) mass is 566 g/mol. The SMILES string of the molecule is COc1cc(OC)c(C(=O)Nc2nc(C(=O)NCCN(C(C)C)C(C)C)cs2)cc1O.O=C(O)C=CC(=O)O. The fourth-order valence-corrected chi connectivity index (χ4v) is 3.99. The minimum atomic E-state index is -1.26. The second kappa shape index (κ2) is 15.9. The van der Waals surface area contributed by atoms with Crippen LogP contribution in [0.1, 0.15) is 48.5 Å². The first-order chi connectivity index (χ1) is 18.3. The summed E-state index contributed by atoms with van der Waals surface area (Å²) >= 11 is 1.13. The molecule has 1 aromatic heterocycles. The van der Waals surface area contributed by atoms with E-state index in [1.165, 1.54) is 26.4 Å². The molecule has 1 heterocycles. The number of carbonyl (C=O) groups excluding carboxylic acids is 2. The van der Waals surface area contributed by atoms with Crippen LogP contribution in [0.15, 0.2) is 29.7 Å². The average molecular weight is 567 g/mol. The Morgan fingerprint density at radius 1 is 0.974 bits per heavy atom. The van der Waals surface area contributed by atoms with E-state index in [1.54, 1.807) is 5.38 Å². The Kier molecular flexibility index (Phi) is 13.4. The van der Waals surface area contributed by atoms with Crippen LogP contribution >= 0.6 is 11.3 Å². The van der Waals surface area contributed by atoms with Gasteiger partial charge in [-0.25, -0.2) is 14.6 Å². The van der Waals surface area contributed by atoms with E-state index in [9.17, 15) is 24.3 Å². The van der Waals surface area contributed by atoms with Crippen molar-refractivity contribution in [1.29, 1.82) is 0 Å². The maximum absolute atomic E-state index is 12.6. The summed E-state index contributed by atoms with van der Waals surface area (Å²) in [6.07, 6.45) is 1.12. The molecule has 2 rings (SSSR count). The van der Waals surface area contributed by atoms with Gasteiger partial charge in [-0.3, -0.25) is 19.8 Å². The van der Waals surface area contributed by atoms with E-state index in [4.69, 9.17) is 19.7 Å². The zero-order valence-electron chi connectivity index (χ0n) is 22.5. The molecular formula is C25H34N4O9S. The molecule has 0 radical (unpaired) electrons. The highest BCUT2D eigenvalue weighted by molar-refractivity contribution is 7.14. The summed E-state index contributed by atoms with van der Waals surface area (Å²) in [5.74, 6) is -3.11. The number of ether oxygens (including phenoxy) is 2. The number of anilines is 1. The number of aliphatic carboxylic acids is 2. The average Bonchev–Trinajstić information content (AvgIpc) is 3.33. The Bertz CT molecular complexity index is 1150. The smallest absolute Gasteiger partial charge is 0.328 e. The molecule has 14 heteroatoms. The van der Waals surface area contributed by atoms with Gasteiger partial charge in [-0.05, 0) is 27.7 Å². The van der Waals surface area contributed by atoms with Gasteiger partial charge in [-0.1, -0.05) is 0 Å². The molecule has 2 amide bonds. The molecule has 0 spiro atoms. The van der Waals surface area contributed by atoms with Gasteiger partial charge >= 0.3 is 11.9 Å². The number of benzene rings is 1. The highest BCUT2D eigenvalue weighted by Gasteiger charge is 2.19. The lowest BCUT2D eigenvalue weighted by molar-refractivity contribution is -0.134. The van der Waals surface area contributed by atoms with Gasteiger partial charge < -0.3 is 30.1 Å². The predicted octanol–water partition coefficient (Wildman–Crippen LogP) is 2.68. The van der Waals surface area contributed by atoms with Crippen molar-refractivity contribution < 1.29 is 44.0 Å². The van der Waals surface area contributed by atoms with Gasteiger partial charge in [0.05, 0.1) is 19.8 Å². The number of nitrogens with one attached hydrogen (secondary N) is 2. The molecular weight excluding hydrogens is 532 g/mol. The van der Waals surface area contributed by atoms with Crippen molar-refractivity contribution in [2.24, 2.45) is 0 Å². The summed E-state index contributed by atoms with van der Waals surface area (Å²) in [4.78, 5) is 50.6. The first-order valence-corrected chi connectivity index (χ1v) is 12.6. The number of hydrogen-bond acceptors (Lipinski definition) is 10. The number of phenols is 1. The summed E-state index contributed by atoms with van der Waals surface area (Å²) in [5.41, 5.74) is 0.343. The van der Waals surface area contributed by atoms with Gasteiger partial charge in [0.15, 0.2) is 16.6 Å². The fraction of sp³-hybridized carbons (Fsp3) is 0.400. The number of carboxylic acid groups (broad SMARTS) is 2. The van der Waals surface area contributed by atoms with Gasteiger partial charge in [0.2, 0.25) is 0 Å². The Hall–Kier alpha value is -4.17. The number of carboxylic acids is 2. The molecule has 1 aromatic carbocycles. The number of phenolic OH excluding ortho intramolecular Hbond substituents is 1. The zero-order valence-corrected chi connectivity index (χ0v) is 23.4. The molecule has 0 atom stereocenters. The van der Waals surface area contributed by atoms with E-state index >= 15 is 0 Å². The number of aromatic nitrogens is 1. The van der Waals surface area contributed by atoms with E-state index in [1.807, 2.05) is 0 Å². The molecule has 0 aliphatic carbocycles. The van der Waals surface area contributed by atoms with E-state index in [-0.39, 0.29) is 39.5 Å². The topological polar surface area (TPSA) is 188 Å². The highest BCUT2D eigenvalue weighted by Crippen LogP contribution is 2.34. The molecule has 2 aromatic rings.